The number of aromatic nitrogens is 2. The number of aliphatic carboxylic acids is 1. The van der Waals surface area contributed by atoms with Gasteiger partial charge in [0.05, 0.1) is 10.6 Å². The Morgan fingerprint density at radius 1 is 1.38 bits per heavy atom. The van der Waals surface area contributed by atoms with Crippen LogP contribution in [0.1, 0.15) is 21.8 Å². The zero-order chi connectivity index (χ0) is 15.7. The molecule has 24 heavy (non-hydrogen) atoms. The van der Waals surface area contributed by atoms with E-state index in [9.17, 15) is 9.59 Å². The fourth-order valence-electron chi connectivity index (χ4n) is 2.44. The minimum absolute atomic E-state index is 0. The van der Waals surface area contributed by atoms with Crippen molar-refractivity contribution in [1.82, 2.24) is 20.8 Å². The molecule has 0 aromatic carbocycles. The average molecular weight is 393 g/mol. The van der Waals surface area contributed by atoms with Crippen LogP contribution in [0, 0.1) is 6.92 Å². The van der Waals surface area contributed by atoms with Gasteiger partial charge in [-0.05, 0) is 31.5 Å². The third-order valence-electron chi connectivity index (χ3n) is 3.58. The maximum absolute atomic E-state index is 12.2. The van der Waals surface area contributed by atoms with Gasteiger partial charge in [-0.1, -0.05) is 0 Å². The molecule has 132 valence electrons. The van der Waals surface area contributed by atoms with Crippen LogP contribution in [0.5, 0.6) is 0 Å². The summed E-state index contributed by atoms with van der Waals surface area (Å²) in [5.41, 5.74) is 1.11. The summed E-state index contributed by atoms with van der Waals surface area (Å²) in [5, 5.41) is 21.5. The first-order valence-corrected chi connectivity index (χ1v) is 7.74. The molecule has 0 aliphatic carbocycles. The standard InChI is InChI=1S/C14H16N4O3S.2ClH/c1-7-2-3-12(22-7)9-5-10(18-17-9)13(19)16-8-4-11(14(20)21)15-6-8;;/h2-3,5,8,11,15H,4,6H2,1H3,(H,16,19)(H,17,18)(H,20,21);2*1H/t8-,11-;;/m0../s1. The van der Waals surface area contributed by atoms with Crippen molar-refractivity contribution < 1.29 is 14.7 Å². The van der Waals surface area contributed by atoms with Crippen LogP contribution in [-0.2, 0) is 4.79 Å². The molecule has 10 heteroatoms. The smallest absolute Gasteiger partial charge is 0.320 e. The van der Waals surface area contributed by atoms with Gasteiger partial charge in [-0.25, -0.2) is 0 Å². The molecule has 1 fully saturated rings. The molecule has 1 aliphatic rings. The quantitative estimate of drug-likeness (QED) is 0.634. The third-order valence-corrected chi connectivity index (χ3v) is 4.61. The molecule has 1 saturated heterocycles. The van der Waals surface area contributed by atoms with Crippen molar-refractivity contribution in [2.24, 2.45) is 0 Å². The molecule has 1 amide bonds. The van der Waals surface area contributed by atoms with Crippen molar-refractivity contribution in [2.75, 3.05) is 6.54 Å². The number of aromatic amines is 1. The number of rotatable bonds is 4. The number of carboxylic acids is 1. The van der Waals surface area contributed by atoms with Gasteiger partial charge in [-0.3, -0.25) is 14.7 Å². The van der Waals surface area contributed by atoms with Gasteiger partial charge in [0.15, 0.2) is 5.69 Å². The Morgan fingerprint density at radius 2 is 2.12 bits per heavy atom. The maximum atomic E-state index is 12.2. The van der Waals surface area contributed by atoms with Gasteiger partial charge in [0.2, 0.25) is 0 Å². The number of hydrogen-bond donors (Lipinski definition) is 4. The molecule has 4 N–H and O–H groups in total. The second kappa shape index (κ2) is 8.48. The summed E-state index contributed by atoms with van der Waals surface area (Å²) in [6, 6.07) is 4.90. The number of hydrogen-bond acceptors (Lipinski definition) is 5. The predicted octanol–water partition coefficient (Wildman–Crippen LogP) is 1.84. The zero-order valence-corrected chi connectivity index (χ0v) is 15.2. The van der Waals surface area contributed by atoms with Crippen molar-refractivity contribution in [3.8, 4) is 10.6 Å². The summed E-state index contributed by atoms with van der Waals surface area (Å²) in [7, 11) is 0. The molecule has 0 spiro atoms. The Morgan fingerprint density at radius 3 is 2.71 bits per heavy atom. The second-order valence-electron chi connectivity index (χ2n) is 5.28. The molecular formula is C14H18Cl2N4O3S. The molecule has 3 heterocycles. The van der Waals surface area contributed by atoms with E-state index in [-0.39, 0.29) is 36.8 Å². The molecule has 2 aromatic heterocycles. The minimum atomic E-state index is -0.896. The number of halogens is 2. The molecular weight excluding hydrogens is 375 g/mol. The average Bonchev–Trinajstić information content (AvgIpc) is 3.16. The number of aryl methyl sites for hydroxylation is 1. The van der Waals surface area contributed by atoms with Crippen molar-refractivity contribution in [2.45, 2.75) is 25.4 Å². The van der Waals surface area contributed by atoms with E-state index in [0.717, 1.165) is 10.6 Å². The van der Waals surface area contributed by atoms with Crippen molar-refractivity contribution in [3.05, 3.63) is 28.8 Å². The van der Waals surface area contributed by atoms with E-state index in [1.54, 1.807) is 17.4 Å². The van der Waals surface area contributed by atoms with Gasteiger partial charge in [0.25, 0.3) is 5.91 Å². The first kappa shape index (κ1) is 20.4. The number of amides is 1. The topological polar surface area (TPSA) is 107 Å². The molecule has 0 saturated carbocycles. The summed E-state index contributed by atoms with van der Waals surface area (Å²) in [4.78, 5) is 25.2. The predicted molar refractivity (Wildman–Crippen MR) is 96.4 cm³/mol. The number of nitrogens with one attached hydrogen (secondary N) is 3. The summed E-state index contributed by atoms with van der Waals surface area (Å²) in [5.74, 6) is -1.19. The van der Waals surface area contributed by atoms with E-state index in [1.807, 2.05) is 19.1 Å². The number of carbonyl (C=O) groups is 2. The Bertz CT molecular complexity index is 718. The highest BCUT2D eigenvalue weighted by molar-refractivity contribution is 7.15. The van der Waals surface area contributed by atoms with Gasteiger partial charge in [0, 0.05) is 17.5 Å². The van der Waals surface area contributed by atoms with E-state index in [0.29, 0.717) is 18.7 Å². The highest BCUT2D eigenvalue weighted by Crippen LogP contribution is 2.26. The molecule has 1 aliphatic heterocycles. The van der Waals surface area contributed by atoms with Crippen molar-refractivity contribution >= 4 is 48.0 Å². The summed E-state index contributed by atoms with van der Waals surface area (Å²) in [6.07, 6.45) is 0.377. The lowest BCUT2D eigenvalue weighted by molar-refractivity contribution is -0.139. The monoisotopic (exact) mass is 392 g/mol. The van der Waals surface area contributed by atoms with Gasteiger partial charge in [-0.15, -0.1) is 36.2 Å². The Hall–Kier alpha value is -1.61. The molecule has 2 atom stereocenters. The second-order valence-corrected chi connectivity index (χ2v) is 6.57. The Kier molecular flexibility index (Phi) is 7.22. The highest BCUT2D eigenvalue weighted by atomic mass is 35.5. The number of thiophene rings is 1. The van der Waals surface area contributed by atoms with Crippen LogP contribution in [0.2, 0.25) is 0 Å². The van der Waals surface area contributed by atoms with E-state index in [1.165, 1.54) is 4.88 Å². The highest BCUT2D eigenvalue weighted by Gasteiger charge is 2.30. The van der Waals surface area contributed by atoms with Crippen molar-refractivity contribution in [3.63, 3.8) is 0 Å². The number of carboxylic acid groups (broad SMARTS) is 1. The third kappa shape index (κ3) is 4.47. The maximum Gasteiger partial charge on any atom is 0.320 e. The first-order chi connectivity index (χ1) is 10.5. The Balaban J connectivity index is 0.00000144. The van der Waals surface area contributed by atoms with Gasteiger partial charge in [-0.2, -0.15) is 5.10 Å². The van der Waals surface area contributed by atoms with E-state index < -0.39 is 12.0 Å². The number of H-pyrrole nitrogens is 1. The first-order valence-electron chi connectivity index (χ1n) is 6.92. The van der Waals surface area contributed by atoms with Crippen molar-refractivity contribution in [1.29, 1.82) is 0 Å². The lowest BCUT2D eigenvalue weighted by atomic mass is 10.1. The SMILES string of the molecule is Cc1ccc(-c2cc(C(=O)N[C@@H]3CN[C@H](C(=O)O)C3)n[nH]2)s1.Cl.Cl. The Labute approximate surface area is 155 Å². The van der Waals surface area contributed by atoms with Crippen LogP contribution in [-0.4, -0.2) is 45.8 Å². The van der Waals surface area contributed by atoms with Crippen LogP contribution < -0.4 is 10.6 Å². The largest absolute Gasteiger partial charge is 0.480 e. The fraction of sp³-hybridized carbons (Fsp3) is 0.357. The zero-order valence-electron chi connectivity index (χ0n) is 12.7. The fourth-order valence-corrected chi connectivity index (χ4v) is 3.27. The van der Waals surface area contributed by atoms with Crippen LogP contribution in [0.25, 0.3) is 10.6 Å². The molecule has 7 nitrogen and oxygen atoms in total. The molecule has 3 rings (SSSR count). The number of nitrogens with zero attached hydrogens (tertiary/aromatic N) is 1. The number of carbonyl (C=O) groups excluding carboxylic acids is 1. The van der Waals surface area contributed by atoms with Crippen LogP contribution in [0.3, 0.4) is 0 Å². The normalized spacial score (nSPS) is 19.2. The van der Waals surface area contributed by atoms with Crippen LogP contribution >= 0.6 is 36.2 Å². The minimum Gasteiger partial charge on any atom is -0.480 e. The van der Waals surface area contributed by atoms with E-state index >= 15 is 0 Å². The lowest BCUT2D eigenvalue weighted by Gasteiger charge is -2.09. The summed E-state index contributed by atoms with van der Waals surface area (Å²) < 4.78 is 0. The molecule has 2 aromatic rings. The van der Waals surface area contributed by atoms with E-state index in [2.05, 4.69) is 20.8 Å². The summed E-state index contributed by atoms with van der Waals surface area (Å²) >= 11 is 1.62. The molecule has 0 radical (unpaired) electrons. The van der Waals surface area contributed by atoms with Crippen LogP contribution in [0.15, 0.2) is 18.2 Å². The summed E-state index contributed by atoms with van der Waals surface area (Å²) in [6.45, 7) is 2.47. The van der Waals surface area contributed by atoms with Gasteiger partial charge in [0.1, 0.15) is 6.04 Å². The van der Waals surface area contributed by atoms with Gasteiger partial charge >= 0.3 is 5.97 Å². The molecule has 0 bridgehead atoms. The lowest BCUT2D eigenvalue weighted by Crippen LogP contribution is -2.36. The van der Waals surface area contributed by atoms with Gasteiger partial charge < -0.3 is 15.7 Å². The van der Waals surface area contributed by atoms with Crippen LogP contribution in [0.4, 0.5) is 0 Å². The van der Waals surface area contributed by atoms with E-state index in [4.69, 9.17) is 5.11 Å². The molecule has 0 unspecified atom stereocenters.